The van der Waals surface area contributed by atoms with E-state index < -0.39 is 5.60 Å². The Morgan fingerprint density at radius 1 is 1.33 bits per heavy atom. The van der Waals surface area contributed by atoms with Gasteiger partial charge in [0.15, 0.2) is 11.5 Å². The Morgan fingerprint density at radius 3 is 2.76 bits per heavy atom. The van der Waals surface area contributed by atoms with Crippen molar-refractivity contribution in [2.75, 3.05) is 17.6 Å². The van der Waals surface area contributed by atoms with Gasteiger partial charge in [-0.2, -0.15) is 0 Å². The minimum Gasteiger partial charge on any atom is -0.388 e. The molecule has 0 aliphatic heterocycles. The molecule has 3 rings (SSSR count). The molecular formula is C15H23N5O. The number of hydrogen-bond donors (Lipinski definition) is 3. The number of rotatable bonds is 3. The van der Waals surface area contributed by atoms with Crippen molar-refractivity contribution < 1.29 is 5.11 Å². The molecule has 4 N–H and O–H groups in total. The molecule has 114 valence electrons. The van der Waals surface area contributed by atoms with Crippen molar-refractivity contribution in [3.05, 3.63) is 18.6 Å². The minimum absolute atomic E-state index is 0.331. The summed E-state index contributed by atoms with van der Waals surface area (Å²) >= 11 is 0. The van der Waals surface area contributed by atoms with Gasteiger partial charge in [0.25, 0.3) is 0 Å². The van der Waals surface area contributed by atoms with E-state index in [9.17, 15) is 5.11 Å². The quantitative estimate of drug-likeness (QED) is 0.805. The molecule has 6 heteroatoms. The van der Waals surface area contributed by atoms with Crippen LogP contribution in [0.25, 0.3) is 5.65 Å². The number of hydrogen-bond acceptors (Lipinski definition) is 5. The molecule has 0 atom stereocenters. The first-order chi connectivity index (χ1) is 9.87. The van der Waals surface area contributed by atoms with Crippen molar-refractivity contribution in [3.8, 4) is 0 Å². The maximum Gasteiger partial charge on any atom is 0.180 e. The Kier molecular flexibility index (Phi) is 3.28. The zero-order valence-electron chi connectivity index (χ0n) is 12.6. The smallest absolute Gasteiger partial charge is 0.180 e. The van der Waals surface area contributed by atoms with Crippen LogP contribution in [0.2, 0.25) is 0 Å². The fraction of sp³-hybridized carbons (Fsp3) is 0.600. The molecule has 0 saturated heterocycles. The fourth-order valence-corrected chi connectivity index (χ4v) is 2.89. The molecule has 0 radical (unpaired) electrons. The summed E-state index contributed by atoms with van der Waals surface area (Å²) in [5.41, 5.74) is 6.18. The van der Waals surface area contributed by atoms with Crippen LogP contribution in [0, 0.1) is 5.41 Å². The Balaban J connectivity index is 1.73. The largest absolute Gasteiger partial charge is 0.388 e. The van der Waals surface area contributed by atoms with Crippen LogP contribution in [-0.2, 0) is 0 Å². The van der Waals surface area contributed by atoms with Gasteiger partial charge in [-0.3, -0.25) is 0 Å². The van der Waals surface area contributed by atoms with Gasteiger partial charge in [0.1, 0.15) is 5.82 Å². The Hall–Kier alpha value is -1.82. The third-order valence-corrected chi connectivity index (χ3v) is 4.51. The van der Waals surface area contributed by atoms with Crippen LogP contribution in [0.15, 0.2) is 18.6 Å². The zero-order chi connectivity index (χ0) is 15.1. The van der Waals surface area contributed by atoms with Crippen LogP contribution >= 0.6 is 0 Å². The van der Waals surface area contributed by atoms with E-state index in [1.807, 2.05) is 10.6 Å². The molecule has 1 saturated carbocycles. The van der Waals surface area contributed by atoms with Gasteiger partial charge >= 0.3 is 0 Å². The zero-order valence-corrected chi connectivity index (χ0v) is 12.6. The van der Waals surface area contributed by atoms with Gasteiger partial charge in [-0.15, -0.1) is 0 Å². The lowest BCUT2D eigenvalue weighted by atomic mass is 9.71. The van der Waals surface area contributed by atoms with Crippen molar-refractivity contribution in [2.24, 2.45) is 5.41 Å². The summed E-state index contributed by atoms with van der Waals surface area (Å²) < 4.78 is 1.83. The molecule has 0 unspecified atom stereocenters. The monoisotopic (exact) mass is 289 g/mol. The van der Waals surface area contributed by atoms with E-state index in [0.717, 1.165) is 31.3 Å². The van der Waals surface area contributed by atoms with Gasteiger partial charge in [0.05, 0.1) is 11.8 Å². The van der Waals surface area contributed by atoms with E-state index in [1.165, 1.54) is 0 Å². The summed E-state index contributed by atoms with van der Waals surface area (Å²) in [4.78, 5) is 8.56. The maximum atomic E-state index is 10.7. The first kappa shape index (κ1) is 14.1. The van der Waals surface area contributed by atoms with E-state index in [1.54, 1.807) is 12.4 Å². The predicted octanol–water partition coefficient (Wildman–Crippen LogP) is 2.05. The van der Waals surface area contributed by atoms with E-state index in [0.29, 0.717) is 23.6 Å². The number of fused-ring (bicyclic) bond motifs is 1. The third kappa shape index (κ3) is 2.95. The van der Waals surface area contributed by atoms with Crippen molar-refractivity contribution in [3.63, 3.8) is 0 Å². The summed E-state index contributed by atoms with van der Waals surface area (Å²) in [5, 5.41) is 13.9. The highest BCUT2D eigenvalue weighted by Crippen LogP contribution is 2.40. The van der Waals surface area contributed by atoms with Crippen molar-refractivity contribution in [2.45, 2.75) is 45.1 Å². The third-order valence-electron chi connectivity index (χ3n) is 4.51. The summed E-state index contributed by atoms with van der Waals surface area (Å²) in [5.74, 6) is 1.05. The molecule has 0 aromatic carbocycles. The van der Waals surface area contributed by atoms with E-state index >= 15 is 0 Å². The molecule has 1 fully saturated rings. The number of nitrogens with zero attached hydrogens (tertiary/aromatic N) is 3. The van der Waals surface area contributed by atoms with Gasteiger partial charge < -0.3 is 20.6 Å². The van der Waals surface area contributed by atoms with E-state index in [-0.39, 0.29) is 0 Å². The average Bonchev–Trinajstić information content (AvgIpc) is 2.88. The first-order valence-electron chi connectivity index (χ1n) is 7.42. The van der Waals surface area contributed by atoms with Crippen LogP contribution in [-0.4, -0.2) is 31.6 Å². The second kappa shape index (κ2) is 4.87. The van der Waals surface area contributed by atoms with Crippen molar-refractivity contribution >= 4 is 17.3 Å². The molecule has 6 nitrogen and oxygen atoms in total. The lowest BCUT2D eigenvalue weighted by molar-refractivity contribution is -0.0145. The Morgan fingerprint density at radius 2 is 2.05 bits per heavy atom. The van der Waals surface area contributed by atoms with Crippen molar-refractivity contribution in [1.29, 1.82) is 0 Å². The lowest BCUT2D eigenvalue weighted by Crippen LogP contribution is -2.42. The minimum atomic E-state index is -0.675. The number of nitrogen functional groups attached to an aromatic ring is 1. The lowest BCUT2D eigenvalue weighted by Gasteiger charge is -2.40. The van der Waals surface area contributed by atoms with Crippen LogP contribution in [0.1, 0.15) is 39.5 Å². The predicted molar refractivity (Wildman–Crippen MR) is 83.1 cm³/mol. The maximum absolute atomic E-state index is 10.7. The molecule has 1 aliphatic carbocycles. The van der Waals surface area contributed by atoms with E-state index in [2.05, 4.69) is 29.1 Å². The highest BCUT2D eigenvalue weighted by Gasteiger charge is 2.36. The number of anilines is 2. The van der Waals surface area contributed by atoms with Crippen molar-refractivity contribution in [1.82, 2.24) is 14.4 Å². The number of nitrogens with one attached hydrogen (secondary N) is 1. The molecule has 0 spiro atoms. The average molecular weight is 289 g/mol. The van der Waals surface area contributed by atoms with Gasteiger partial charge in [-0.25, -0.2) is 9.97 Å². The molecule has 2 aromatic rings. The highest BCUT2D eigenvalue weighted by atomic mass is 16.3. The first-order valence-corrected chi connectivity index (χ1v) is 7.42. The van der Waals surface area contributed by atoms with Crippen LogP contribution in [0.4, 0.5) is 11.6 Å². The summed E-state index contributed by atoms with van der Waals surface area (Å²) in [7, 11) is 0. The molecule has 0 amide bonds. The van der Waals surface area contributed by atoms with Crippen LogP contribution < -0.4 is 11.1 Å². The summed E-state index contributed by atoms with van der Waals surface area (Å²) in [6.45, 7) is 4.99. The molecular weight excluding hydrogens is 266 g/mol. The highest BCUT2D eigenvalue weighted by molar-refractivity contribution is 5.64. The molecule has 1 aliphatic rings. The van der Waals surface area contributed by atoms with E-state index in [4.69, 9.17) is 5.73 Å². The number of imidazole rings is 1. The normalized spacial score (nSPS) is 20.5. The topological polar surface area (TPSA) is 88.5 Å². The molecule has 2 aromatic heterocycles. The number of aromatic nitrogens is 3. The van der Waals surface area contributed by atoms with Crippen LogP contribution in [0.5, 0.6) is 0 Å². The summed E-state index contributed by atoms with van der Waals surface area (Å²) in [6.07, 6.45) is 8.95. The molecule has 0 bridgehead atoms. The standard InChI is InChI=1S/C15H23N5O/c1-14(2)3-5-15(21,6-4-14)10-18-12-13-17-7-8-20(13)9-11(16)19-12/h7-9,21H,3-6,10,16H2,1-2H3,(H,18,19). The Bertz CT molecular complexity index is 639. The van der Waals surface area contributed by atoms with Gasteiger partial charge in [0, 0.05) is 18.9 Å². The van der Waals surface area contributed by atoms with Gasteiger partial charge in [-0.1, -0.05) is 13.8 Å². The molecule has 2 heterocycles. The fourth-order valence-electron chi connectivity index (χ4n) is 2.89. The second-order valence-electron chi connectivity index (χ2n) is 6.91. The summed E-state index contributed by atoms with van der Waals surface area (Å²) in [6, 6.07) is 0. The van der Waals surface area contributed by atoms with Gasteiger partial charge in [-0.05, 0) is 31.1 Å². The number of nitrogens with two attached hydrogens (primary N) is 1. The van der Waals surface area contributed by atoms with Gasteiger partial charge in [0.2, 0.25) is 0 Å². The van der Waals surface area contributed by atoms with Crippen LogP contribution in [0.3, 0.4) is 0 Å². The second-order valence-corrected chi connectivity index (χ2v) is 6.91. The number of aliphatic hydroxyl groups is 1. The molecule has 21 heavy (non-hydrogen) atoms. The Labute approximate surface area is 124 Å². The SMILES string of the molecule is CC1(C)CCC(O)(CNc2nc(N)cn3ccnc23)CC1.